The number of hydrogen-bond donors (Lipinski definition) is 1. The molecule has 2 aromatic rings. The molecular formula is C10H8O3. The lowest BCUT2D eigenvalue weighted by Gasteiger charge is -2.00. The van der Waals surface area contributed by atoms with Crippen LogP contribution in [0.1, 0.15) is 5.56 Å². The molecule has 0 aliphatic carbocycles. The molecule has 0 amide bonds. The fraction of sp³-hybridized carbons (Fsp3) is 0.100. The smallest absolute Gasteiger partial charge is 0.339 e. The van der Waals surface area contributed by atoms with Gasteiger partial charge < -0.3 is 9.52 Å². The van der Waals surface area contributed by atoms with Crippen molar-refractivity contribution < 1.29 is 9.52 Å². The van der Waals surface area contributed by atoms with E-state index in [0.29, 0.717) is 5.39 Å². The molecule has 0 saturated carbocycles. The van der Waals surface area contributed by atoms with E-state index in [9.17, 15) is 9.90 Å². The van der Waals surface area contributed by atoms with E-state index in [2.05, 4.69) is 4.42 Å². The quantitative estimate of drug-likeness (QED) is 0.665. The lowest BCUT2D eigenvalue weighted by Crippen LogP contribution is -1.96. The summed E-state index contributed by atoms with van der Waals surface area (Å²) in [5.74, 6) is -0.314. The highest BCUT2D eigenvalue weighted by atomic mass is 16.5. The van der Waals surface area contributed by atoms with Gasteiger partial charge in [-0.3, -0.25) is 0 Å². The Morgan fingerprint density at radius 1 is 1.31 bits per heavy atom. The van der Waals surface area contributed by atoms with Gasteiger partial charge in [-0.15, -0.1) is 0 Å². The molecule has 1 aromatic heterocycles. The number of benzene rings is 1. The predicted octanol–water partition coefficient (Wildman–Crippen LogP) is 1.81. The van der Waals surface area contributed by atoms with Gasteiger partial charge in [0.05, 0.1) is 5.39 Å². The van der Waals surface area contributed by atoms with Gasteiger partial charge in [0, 0.05) is 6.07 Å². The van der Waals surface area contributed by atoms with Gasteiger partial charge >= 0.3 is 5.63 Å². The average molecular weight is 176 g/mol. The zero-order valence-corrected chi connectivity index (χ0v) is 7.07. The maximum Gasteiger partial charge on any atom is 0.339 e. The molecule has 13 heavy (non-hydrogen) atoms. The highest BCUT2D eigenvalue weighted by Gasteiger charge is 2.04. The second-order valence-electron chi connectivity index (χ2n) is 2.91. The molecule has 2 rings (SSSR count). The van der Waals surface area contributed by atoms with Crippen molar-refractivity contribution >= 4 is 10.8 Å². The van der Waals surface area contributed by atoms with Crippen LogP contribution in [0, 0.1) is 6.92 Å². The monoisotopic (exact) mass is 176 g/mol. The highest BCUT2D eigenvalue weighted by molar-refractivity contribution is 5.88. The Bertz CT molecular complexity index is 511. The molecular weight excluding hydrogens is 168 g/mol. The van der Waals surface area contributed by atoms with Crippen LogP contribution in [-0.4, -0.2) is 5.11 Å². The third-order valence-electron chi connectivity index (χ3n) is 2.01. The number of rotatable bonds is 0. The molecule has 0 radical (unpaired) electrons. The Hall–Kier alpha value is -1.77. The molecule has 3 nitrogen and oxygen atoms in total. The van der Waals surface area contributed by atoms with E-state index in [1.165, 1.54) is 6.07 Å². The maximum atomic E-state index is 10.9. The lowest BCUT2D eigenvalue weighted by molar-refractivity contribution is 0.317. The molecule has 0 fully saturated rings. The van der Waals surface area contributed by atoms with Gasteiger partial charge in [0.25, 0.3) is 5.95 Å². The second-order valence-corrected chi connectivity index (χ2v) is 2.91. The molecule has 0 aliphatic heterocycles. The van der Waals surface area contributed by atoms with Crippen molar-refractivity contribution in [3.63, 3.8) is 0 Å². The number of fused-ring (bicyclic) bond motifs is 1. The fourth-order valence-electron chi connectivity index (χ4n) is 1.36. The van der Waals surface area contributed by atoms with Gasteiger partial charge in [-0.2, -0.15) is 0 Å². The van der Waals surface area contributed by atoms with Crippen molar-refractivity contribution in [3.05, 3.63) is 40.2 Å². The highest BCUT2D eigenvalue weighted by Crippen LogP contribution is 2.24. The lowest BCUT2D eigenvalue weighted by atomic mass is 10.1. The van der Waals surface area contributed by atoms with Crippen LogP contribution in [0.25, 0.3) is 10.8 Å². The van der Waals surface area contributed by atoms with Crippen LogP contribution in [0.4, 0.5) is 0 Å². The van der Waals surface area contributed by atoms with Gasteiger partial charge in [0.2, 0.25) is 0 Å². The van der Waals surface area contributed by atoms with E-state index in [1.807, 2.05) is 13.0 Å². The largest absolute Gasteiger partial charge is 0.480 e. The molecule has 0 spiro atoms. The number of aromatic hydroxyl groups is 1. The van der Waals surface area contributed by atoms with Crippen molar-refractivity contribution in [1.29, 1.82) is 0 Å². The molecule has 66 valence electrons. The molecule has 0 aliphatic rings. The minimum Gasteiger partial charge on any atom is -0.480 e. The van der Waals surface area contributed by atoms with Crippen LogP contribution in [0.2, 0.25) is 0 Å². The maximum absolute atomic E-state index is 10.9. The van der Waals surface area contributed by atoms with Gasteiger partial charge in [-0.25, -0.2) is 4.79 Å². The van der Waals surface area contributed by atoms with Crippen molar-refractivity contribution in [2.75, 3.05) is 0 Å². The first-order valence-electron chi connectivity index (χ1n) is 3.91. The minimum atomic E-state index is -0.528. The van der Waals surface area contributed by atoms with Crippen molar-refractivity contribution in [3.8, 4) is 5.95 Å². The van der Waals surface area contributed by atoms with E-state index in [-0.39, 0.29) is 5.95 Å². The van der Waals surface area contributed by atoms with Gasteiger partial charge in [0.15, 0.2) is 0 Å². The summed E-state index contributed by atoms with van der Waals surface area (Å²) in [7, 11) is 0. The van der Waals surface area contributed by atoms with E-state index in [1.54, 1.807) is 12.1 Å². The Labute approximate surface area is 74.2 Å². The standard InChI is InChI=1S/C10H8O3/c1-6-3-2-4-7-8(6)5-9(11)13-10(7)12/h2-5,12H,1H3. The van der Waals surface area contributed by atoms with Crippen LogP contribution in [0.3, 0.4) is 0 Å². The molecule has 1 N–H and O–H groups in total. The SMILES string of the molecule is Cc1cccc2c(O)oc(=O)cc12. The summed E-state index contributed by atoms with van der Waals surface area (Å²) in [5.41, 5.74) is 0.417. The van der Waals surface area contributed by atoms with Gasteiger partial charge in [-0.1, -0.05) is 12.1 Å². The van der Waals surface area contributed by atoms with Crippen LogP contribution in [-0.2, 0) is 0 Å². The van der Waals surface area contributed by atoms with E-state index in [4.69, 9.17) is 0 Å². The normalized spacial score (nSPS) is 10.5. The second kappa shape index (κ2) is 2.62. The molecule has 0 saturated heterocycles. The summed E-state index contributed by atoms with van der Waals surface area (Å²) in [6.45, 7) is 1.88. The first-order valence-corrected chi connectivity index (χ1v) is 3.91. The molecule has 0 atom stereocenters. The molecule has 1 heterocycles. The minimum absolute atomic E-state index is 0.314. The zero-order valence-electron chi connectivity index (χ0n) is 7.07. The Morgan fingerprint density at radius 2 is 2.08 bits per heavy atom. The van der Waals surface area contributed by atoms with Crippen LogP contribution < -0.4 is 5.63 Å². The average Bonchev–Trinajstić information content (AvgIpc) is 2.07. The van der Waals surface area contributed by atoms with Gasteiger partial charge in [0.1, 0.15) is 0 Å². The molecule has 3 heteroatoms. The Morgan fingerprint density at radius 3 is 2.85 bits per heavy atom. The van der Waals surface area contributed by atoms with Crippen molar-refractivity contribution in [2.24, 2.45) is 0 Å². The number of hydrogen-bond acceptors (Lipinski definition) is 3. The predicted molar refractivity (Wildman–Crippen MR) is 48.9 cm³/mol. The summed E-state index contributed by atoms with van der Waals surface area (Å²) in [6.07, 6.45) is 0. The summed E-state index contributed by atoms with van der Waals surface area (Å²) < 4.78 is 4.55. The van der Waals surface area contributed by atoms with Crippen molar-refractivity contribution in [2.45, 2.75) is 6.92 Å². The third kappa shape index (κ3) is 1.18. The van der Waals surface area contributed by atoms with E-state index in [0.717, 1.165) is 10.9 Å². The van der Waals surface area contributed by atoms with Gasteiger partial charge in [-0.05, 0) is 23.9 Å². The molecule has 0 bridgehead atoms. The van der Waals surface area contributed by atoms with E-state index < -0.39 is 5.63 Å². The van der Waals surface area contributed by atoms with E-state index >= 15 is 0 Å². The summed E-state index contributed by atoms with van der Waals surface area (Å²) in [5, 5.41) is 10.6. The van der Waals surface area contributed by atoms with Crippen LogP contribution >= 0.6 is 0 Å². The Kier molecular flexibility index (Phi) is 1.59. The Balaban J connectivity index is 3.03. The fourth-order valence-corrected chi connectivity index (χ4v) is 1.36. The molecule has 0 unspecified atom stereocenters. The van der Waals surface area contributed by atoms with Crippen molar-refractivity contribution in [1.82, 2.24) is 0 Å². The summed E-state index contributed by atoms with van der Waals surface area (Å²) in [6, 6.07) is 6.77. The van der Waals surface area contributed by atoms with Crippen LogP contribution in [0.5, 0.6) is 5.95 Å². The summed E-state index contributed by atoms with van der Waals surface area (Å²) >= 11 is 0. The first kappa shape index (κ1) is 7.86. The third-order valence-corrected chi connectivity index (χ3v) is 2.01. The molecule has 1 aromatic carbocycles. The number of aryl methyl sites for hydroxylation is 1. The first-order chi connectivity index (χ1) is 6.18. The zero-order chi connectivity index (χ0) is 9.42. The topological polar surface area (TPSA) is 50.4 Å². The summed E-state index contributed by atoms with van der Waals surface area (Å²) in [4.78, 5) is 10.9. The van der Waals surface area contributed by atoms with Crippen LogP contribution in [0.15, 0.2) is 33.5 Å².